The lowest BCUT2D eigenvalue weighted by Crippen LogP contribution is -2.07. The van der Waals surface area contributed by atoms with Crippen LogP contribution in [-0.4, -0.2) is 16.1 Å². The number of benzene rings is 2. The van der Waals surface area contributed by atoms with Gasteiger partial charge in [0.15, 0.2) is 0 Å². The number of aromatic nitrogens is 2. The Morgan fingerprint density at radius 3 is 2.44 bits per heavy atom. The van der Waals surface area contributed by atoms with Crippen molar-refractivity contribution in [3.63, 3.8) is 0 Å². The van der Waals surface area contributed by atoms with Gasteiger partial charge >= 0.3 is 6.01 Å². The number of hydrogen-bond donors (Lipinski definition) is 1. The van der Waals surface area contributed by atoms with Crippen molar-refractivity contribution in [2.75, 3.05) is 5.32 Å². The van der Waals surface area contributed by atoms with E-state index in [0.29, 0.717) is 11.8 Å². The maximum absolute atomic E-state index is 11.9. The molecular weight excluding hydrogens is 314 g/mol. The average Bonchev–Trinajstić information content (AvgIpc) is 3.09. The van der Waals surface area contributed by atoms with Gasteiger partial charge in [-0.05, 0) is 35.3 Å². The van der Waals surface area contributed by atoms with Crippen LogP contribution < -0.4 is 5.32 Å². The fraction of sp³-hybridized carbons (Fsp3) is 0.150. The summed E-state index contributed by atoms with van der Waals surface area (Å²) in [5, 5.41) is 10.4. The van der Waals surface area contributed by atoms with E-state index < -0.39 is 0 Å². The largest absolute Gasteiger partial charge is 0.403 e. The van der Waals surface area contributed by atoms with Gasteiger partial charge in [-0.25, -0.2) is 0 Å². The lowest BCUT2D eigenvalue weighted by molar-refractivity contribution is -0.112. The van der Waals surface area contributed by atoms with Gasteiger partial charge in [-0.1, -0.05) is 61.4 Å². The van der Waals surface area contributed by atoms with Gasteiger partial charge in [-0.2, -0.15) is 0 Å². The van der Waals surface area contributed by atoms with Crippen molar-refractivity contribution >= 4 is 18.0 Å². The molecule has 0 spiro atoms. The van der Waals surface area contributed by atoms with Gasteiger partial charge in [-0.15, -0.1) is 5.10 Å². The summed E-state index contributed by atoms with van der Waals surface area (Å²) >= 11 is 0. The predicted molar refractivity (Wildman–Crippen MR) is 97.9 cm³/mol. The highest BCUT2D eigenvalue weighted by Crippen LogP contribution is 2.22. The predicted octanol–water partition coefficient (Wildman–Crippen LogP) is 4.51. The van der Waals surface area contributed by atoms with Crippen LogP contribution in [0.15, 0.2) is 65.1 Å². The third kappa shape index (κ3) is 4.41. The lowest BCUT2D eigenvalue weighted by atomic mass is 10.0. The highest BCUT2D eigenvalue weighted by atomic mass is 16.4. The van der Waals surface area contributed by atoms with Crippen molar-refractivity contribution in [3.05, 3.63) is 71.8 Å². The number of nitrogens with one attached hydrogen (secondary N) is 1. The zero-order chi connectivity index (χ0) is 17.6. The molecule has 126 valence electrons. The van der Waals surface area contributed by atoms with Gasteiger partial charge in [0.25, 0.3) is 5.91 Å². The number of hydrogen-bond acceptors (Lipinski definition) is 4. The van der Waals surface area contributed by atoms with E-state index in [9.17, 15) is 4.79 Å². The molecule has 0 atom stereocenters. The van der Waals surface area contributed by atoms with E-state index in [1.54, 1.807) is 6.08 Å². The van der Waals surface area contributed by atoms with Gasteiger partial charge in [0, 0.05) is 11.6 Å². The highest BCUT2D eigenvalue weighted by molar-refractivity contribution is 6.00. The van der Waals surface area contributed by atoms with E-state index in [0.717, 1.165) is 11.1 Å². The van der Waals surface area contributed by atoms with Crippen LogP contribution in [-0.2, 0) is 4.79 Å². The van der Waals surface area contributed by atoms with E-state index in [4.69, 9.17) is 4.42 Å². The molecule has 0 radical (unpaired) electrons. The molecular formula is C20H19N3O2. The van der Waals surface area contributed by atoms with Crippen LogP contribution in [0.5, 0.6) is 0 Å². The maximum Gasteiger partial charge on any atom is 0.322 e. The summed E-state index contributed by atoms with van der Waals surface area (Å²) in [6.45, 7) is 4.27. The summed E-state index contributed by atoms with van der Waals surface area (Å²) < 4.78 is 5.50. The highest BCUT2D eigenvalue weighted by Gasteiger charge is 2.10. The second-order valence-electron chi connectivity index (χ2n) is 5.92. The number of nitrogens with zero attached hydrogens (tertiary/aromatic N) is 2. The van der Waals surface area contributed by atoms with Gasteiger partial charge in [-0.3, -0.25) is 10.1 Å². The van der Waals surface area contributed by atoms with Crippen molar-refractivity contribution in [1.29, 1.82) is 0 Å². The Labute approximate surface area is 146 Å². The first-order valence-corrected chi connectivity index (χ1v) is 8.10. The van der Waals surface area contributed by atoms with E-state index in [1.165, 1.54) is 11.6 Å². The van der Waals surface area contributed by atoms with Crippen LogP contribution in [0.1, 0.15) is 30.9 Å². The van der Waals surface area contributed by atoms with Crippen LogP contribution in [0.3, 0.4) is 0 Å². The van der Waals surface area contributed by atoms with Crippen LogP contribution in [0, 0.1) is 0 Å². The number of carbonyl (C=O) groups is 1. The van der Waals surface area contributed by atoms with E-state index in [1.807, 2.05) is 54.6 Å². The van der Waals surface area contributed by atoms with Crippen LogP contribution >= 0.6 is 0 Å². The summed E-state index contributed by atoms with van der Waals surface area (Å²) in [7, 11) is 0. The normalized spacial score (nSPS) is 11.2. The molecule has 1 amide bonds. The molecule has 0 bridgehead atoms. The van der Waals surface area contributed by atoms with Crippen LogP contribution in [0.25, 0.3) is 17.5 Å². The SMILES string of the molecule is CC(C)c1ccc(-c2nnc(NC(=O)/C=C/c3ccccc3)o2)cc1. The topological polar surface area (TPSA) is 68.0 Å². The Morgan fingerprint density at radius 1 is 1.04 bits per heavy atom. The second-order valence-corrected chi connectivity index (χ2v) is 5.92. The number of rotatable bonds is 5. The fourth-order valence-electron chi connectivity index (χ4n) is 2.28. The maximum atomic E-state index is 11.9. The Kier molecular flexibility index (Phi) is 5.04. The van der Waals surface area contributed by atoms with E-state index in [-0.39, 0.29) is 11.9 Å². The molecule has 0 unspecified atom stereocenters. The number of carbonyl (C=O) groups excluding carboxylic acids is 1. The minimum absolute atomic E-state index is 0.0747. The summed E-state index contributed by atoms with van der Waals surface area (Å²) in [6.07, 6.45) is 3.15. The molecule has 0 saturated heterocycles. The number of anilines is 1. The zero-order valence-corrected chi connectivity index (χ0v) is 14.1. The van der Waals surface area contributed by atoms with Gasteiger partial charge in [0.2, 0.25) is 5.89 Å². The molecule has 5 nitrogen and oxygen atoms in total. The van der Waals surface area contributed by atoms with Crippen molar-refractivity contribution in [2.24, 2.45) is 0 Å². The molecule has 1 aromatic heterocycles. The average molecular weight is 333 g/mol. The molecule has 3 rings (SSSR count). The molecule has 0 fully saturated rings. The monoisotopic (exact) mass is 333 g/mol. The van der Waals surface area contributed by atoms with Gasteiger partial charge in [0.05, 0.1) is 0 Å². The van der Waals surface area contributed by atoms with Crippen molar-refractivity contribution in [3.8, 4) is 11.5 Å². The molecule has 0 aliphatic carbocycles. The molecule has 1 heterocycles. The summed E-state index contributed by atoms with van der Waals surface area (Å²) in [6, 6.07) is 17.6. The van der Waals surface area contributed by atoms with Gasteiger partial charge in [0.1, 0.15) is 0 Å². The molecule has 25 heavy (non-hydrogen) atoms. The molecule has 0 saturated carbocycles. The van der Waals surface area contributed by atoms with E-state index >= 15 is 0 Å². The van der Waals surface area contributed by atoms with Crippen molar-refractivity contribution in [2.45, 2.75) is 19.8 Å². The van der Waals surface area contributed by atoms with Crippen molar-refractivity contribution < 1.29 is 9.21 Å². The standard InChI is InChI=1S/C20H19N3O2/c1-14(2)16-9-11-17(12-10-16)19-22-23-20(25-19)21-18(24)13-8-15-6-4-3-5-7-15/h3-14H,1-2H3,(H,21,23,24)/b13-8+. The molecule has 0 aliphatic rings. The van der Waals surface area contributed by atoms with E-state index in [2.05, 4.69) is 29.4 Å². The summed E-state index contributed by atoms with van der Waals surface area (Å²) in [4.78, 5) is 11.9. The third-order valence-electron chi connectivity index (χ3n) is 3.71. The second kappa shape index (κ2) is 7.57. The van der Waals surface area contributed by atoms with Crippen LogP contribution in [0.4, 0.5) is 6.01 Å². The number of amides is 1. The smallest absolute Gasteiger partial charge is 0.322 e. The molecule has 2 aromatic carbocycles. The minimum atomic E-state index is -0.325. The zero-order valence-electron chi connectivity index (χ0n) is 14.1. The van der Waals surface area contributed by atoms with Crippen LogP contribution in [0.2, 0.25) is 0 Å². The third-order valence-corrected chi connectivity index (χ3v) is 3.71. The minimum Gasteiger partial charge on any atom is -0.403 e. The molecule has 0 aliphatic heterocycles. The fourth-order valence-corrected chi connectivity index (χ4v) is 2.28. The Hall–Kier alpha value is -3.21. The first-order chi connectivity index (χ1) is 12.1. The quantitative estimate of drug-likeness (QED) is 0.697. The van der Waals surface area contributed by atoms with Crippen molar-refractivity contribution in [1.82, 2.24) is 10.2 Å². The lowest BCUT2D eigenvalue weighted by Gasteiger charge is -2.04. The molecule has 3 aromatic rings. The summed E-state index contributed by atoms with van der Waals surface area (Å²) in [5.41, 5.74) is 2.99. The Balaban J connectivity index is 1.65. The van der Waals surface area contributed by atoms with Gasteiger partial charge < -0.3 is 4.42 Å². The Bertz CT molecular complexity index is 865. The molecule has 1 N–H and O–H groups in total. The first-order valence-electron chi connectivity index (χ1n) is 8.10. The Morgan fingerprint density at radius 2 is 1.76 bits per heavy atom. The molecule has 5 heteroatoms. The first kappa shape index (κ1) is 16.6. The summed E-state index contributed by atoms with van der Waals surface area (Å²) in [5.74, 6) is 0.509.